The number of carbonyl (C=O) groups is 2. The number of phenols is 1. The third kappa shape index (κ3) is 4.87. The highest BCUT2D eigenvalue weighted by atomic mass is 16.6. The van der Waals surface area contributed by atoms with Gasteiger partial charge in [-0.3, -0.25) is 10.2 Å². The van der Waals surface area contributed by atoms with Crippen molar-refractivity contribution in [3.8, 4) is 5.75 Å². The summed E-state index contributed by atoms with van der Waals surface area (Å²) in [5.74, 6) is -0.398. The molecule has 0 radical (unpaired) electrons. The largest absolute Gasteiger partial charge is 0.508 e. The van der Waals surface area contributed by atoms with E-state index in [1.165, 1.54) is 31.3 Å². The molecule has 0 saturated carbocycles. The molecule has 6 nitrogen and oxygen atoms in total. The number of aromatic hydroxyl groups is 1. The Balaban J connectivity index is 2.61. The van der Waals surface area contributed by atoms with E-state index in [4.69, 9.17) is 9.84 Å². The third-order valence-electron chi connectivity index (χ3n) is 2.07. The minimum absolute atomic E-state index is 0.0667. The summed E-state index contributed by atoms with van der Waals surface area (Å²) in [5.41, 5.74) is 2.07. The molecule has 0 aromatic heterocycles. The summed E-state index contributed by atoms with van der Waals surface area (Å²) in [6.45, 7) is 5.21. The maximum atomic E-state index is 11.8. The monoisotopic (exact) mass is 266 g/mol. The Morgan fingerprint density at radius 3 is 2.21 bits per heavy atom. The highest BCUT2D eigenvalue weighted by molar-refractivity contribution is 5.94. The van der Waals surface area contributed by atoms with Crippen molar-refractivity contribution in [3.05, 3.63) is 29.8 Å². The van der Waals surface area contributed by atoms with Crippen LogP contribution in [-0.4, -0.2) is 34.8 Å². The van der Waals surface area contributed by atoms with Crippen LogP contribution in [0.4, 0.5) is 4.79 Å². The Labute approximate surface area is 111 Å². The molecule has 104 valence electrons. The van der Waals surface area contributed by atoms with Gasteiger partial charge in [-0.1, -0.05) is 0 Å². The van der Waals surface area contributed by atoms with Crippen molar-refractivity contribution in [2.75, 3.05) is 7.05 Å². The van der Waals surface area contributed by atoms with Gasteiger partial charge in [-0.2, -0.15) is 0 Å². The van der Waals surface area contributed by atoms with Crippen molar-refractivity contribution in [1.82, 2.24) is 10.4 Å². The van der Waals surface area contributed by atoms with E-state index < -0.39 is 17.6 Å². The first-order chi connectivity index (χ1) is 8.69. The van der Waals surface area contributed by atoms with E-state index in [-0.39, 0.29) is 5.75 Å². The van der Waals surface area contributed by atoms with E-state index in [0.29, 0.717) is 5.56 Å². The molecule has 0 aliphatic rings. The molecular weight excluding hydrogens is 248 g/mol. The summed E-state index contributed by atoms with van der Waals surface area (Å²) in [7, 11) is 1.40. The first-order valence-corrected chi connectivity index (χ1v) is 5.76. The average Bonchev–Trinajstić information content (AvgIpc) is 2.27. The number of benzene rings is 1. The first kappa shape index (κ1) is 14.8. The molecule has 1 rings (SSSR count). The average molecular weight is 266 g/mol. The molecule has 0 spiro atoms. The molecule has 0 unspecified atom stereocenters. The Hall–Kier alpha value is -2.24. The number of nitrogens with zero attached hydrogens (tertiary/aromatic N) is 1. The van der Waals surface area contributed by atoms with Gasteiger partial charge >= 0.3 is 6.09 Å². The van der Waals surface area contributed by atoms with Crippen molar-refractivity contribution >= 4 is 12.0 Å². The lowest BCUT2D eigenvalue weighted by Crippen LogP contribution is -2.45. The van der Waals surface area contributed by atoms with Gasteiger partial charge in [0.15, 0.2) is 0 Å². The van der Waals surface area contributed by atoms with E-state index in [1.807, 2.05) is 0 Å². The van der Waals surface area contributed by atoms with Crippen molar-refractivity contribution < 1.29 is 19.4 Å². The normalized spacial score (nSPS) is 10.7. The van der Waals surface area contributed by atoms with Crippen molar-refractivity contribution in [3.63, 3.8) is 0 Å². The van der Waals surface area contributed by atoms with Crippen LogP contribution in [0.25, 0.3) is 0 Å². The fraction of sp³-hybridized carbons (Fsp3) is 0.385. The van der Waals surface area contributed by atoms with Crippen LogP contribution in [0, 0.1) is 0 Å². The topological polar surface area (TPSA) is 78.9 Å². The summed E-state index contributed by atoms with van der Waals surface area (Å²) in [6, 6.07) is 5.69. The maximum Gasteiger partial charge on any atom is 0.428 e. The van der Waals surface area contributed by atoms with Crippen LogP contribution in [0.2, 0.25) is 0 Å². The summed E-state index contributed by atoms with van der Waals surface area (Å²) < 4.78 is 5.09. The second-order valence-electron chi connectivity index (χ2n) is 5.03. The predicted molar refractivity (Wildman–Crippen MR) is 69.6 cm³/mol. The highest BCUT2D eigenvalue weighted by Crippen LogP contribution is 2.10. The van der Waals surface area contributed by atoms with Crippen molar-refractivity contribution in [1.29, 1.82) is 0 Å². The minimum atomic E-state index is -0.653. The van der Waals surface area contributed by atoms with Gasteiger partial charge in [-0.15, -0.1) is 0 Å². The van der Waals surface area contributed by atoms with Gasteiger partial charge in [0, 0.05) is 12.6 Å². The van der Waals surface area contributed by atoms with Crippen LogP contribution in [0.3, 0.4) is 0 Å². The Morgan fingerprint density at radius 2 is 1.74 bits per heavy atom. The standard InChI is InChI=1S/C13H18N2O4/c1-13(2,3)19-12(18)15(4)14-11(17)9-5-7-10(16)8-6-9/h5-8,16H,1-4H3,(H,14,17). The van der Waals surface area contributed by atoms with Gasteiger partial charge < -0.3 is 9.84 Å². The summed E-state index contributed by atoms with van der Waals surface area (Å²) >= 11 is 0. The lowest BCUT2D eigenvalue weighted by atomic mass is 10.2. The van der Waals surface area contributed by atoms with Crippen LogP contribution in [0.5, 0.6) is 5.75 Å². The summed E-state index contributed by atoms with van der Waals surface area (Å²) in [5, 5.41) is 10.1. The Morgan fingerprint density at radius 1 is 1.21 bits per heavy atom. The van der Waals surface area contributed by atoms with Crippen LogP contribution >= 0.6 is 0 Å². The molecule has 0 atom stereocenters. The molecule has 0 heterocycles. The molecule has 0 aliphatic heterocycles. The lowest BCUT2D eigenvalue weighted by molar-refractivity contribution is 0.0195. The van der Waals surface area contributed by atoms with E-state index in [1.54, 1.807) is 20.8 Å². The van der Waals surface area contributed by atoms with Crippen molar-refractivity contribution in [2.45, 2.75) is 26.4 Å². The van der Waals surface area contributed by atoms with Gasteiger partial charge in [-0.05, 0) is 45.0 Å². The highest BCUT2D eigenvalue weighted by Gasteiger charge is 2.21. The second kappa shape index (κ2) is 5.60. The molecule has 0 fully saturated rings. The molecule has 6 heteroatoms. The van der Waals surface area contributed by atoms with Crippen LogP contribution in [0.15, 0.2) is 24.3 Å². The molecule has 2 N–H and O–H groups in total. The number of phenolic OH excluding ortho intramolecular Hbond substituents is 1. The molecule has 1 aromatic rings. The molecule has 0 bridgehead atoms. The molecular formula is C13H18N2O4. The van der Waals surface area contributed by atoms with Gasteiger partial charge in [0.1, 0.15) is 11.4 Å². The maximum absolute atomic E-state index is 11.8. The number of carbonyl (C=O) groups excluding carboxylic acids is 2. The van der Waals surface area contributed by atoms with E-state index >= 15 is 0 Å². The molecule has 1 aromatic carbocycles. The lowest BCUT2D eigenvalue weighted by Gasteiger charge is -2.24. The SMILES string of the molecule is CN(NC(=O)c1ccc(O)cc1)C(=O)OC(C)(C)C. The smallest absolute Gasteiger partial charge is 0.428 e. The zero-order chi connectivity index (χ0) is 14.6. The Kier molecular flexibility index (Phi) is 4.37. The zero-order valence-electron chi connectivity index (χ0n) is 11.4. The Bertz CT molecular complexity index is 463. The summed E-state index contributed by atoms with van der Waals surface area (Å²) in [4.78, 5) is 23.4. The predicted octanol–water partition coefficient (Wildman–Crippen LogP) is 1.90. The van der Waals surface area contributed by atoms with E-state index in [0.717, 1.165) is 5.01 Å². The van der Waals surface area contributed by atoms with E-state index in [9.17, 15) is 9.59 Å². The quantitative estimate of drug-likeness (QED) is 0.761. The minimum Gasteiger partial charge on any atom is -0.508 e. The third-order valence-corrected chi connectivity index (χ3v) is 2.07. The number of hydrogen-bond donors (Lipinski definition) is 2. The number of hydrogen-bond acceptors (Lipinski definition) is 4. The molecule has 0 saturated heterocycles. The fourth-order valence-electron chi connectivity index (χ4n) is 1.21. The first-order valence-electron chi connectivity index (χ1n) is 5.76. The van der Waals surface area contributed by atoms with Gasteiger partial charge in [0.05, 0.1) is 0 Å². The molecule has 2 amide bonds. The van der Waals surface area contributed by atoms with Gasteiger partial charge in [-0.25, -0.2) is 9.80 Å². The van der Waals surface area contributed by atoms with Crippen LogP contribution < -0.4 is 5.43 Å². The number of ether oxygens (including phenoxy) is 1. The molecule has 19 heavy (non-hydrogen) atoms. The second-order valence-corrected chi connectivity index (χ2v) is 5.03. The number of amides is 2. The van der Waals surface area contributed by atoms with Gasteiger partial charge in [0.25, 0.3) is 5.91 Å². The fourth-order valence-corrected chi connectivity index (χ4v) is 1.21. The zero-order valence-corrected chi connectivity index (χ0v) is 11.4. The van der Waals surface area contributed by atoms with Crippen LogP contribution in [0.1, 0.15) is 31.1 Å². The molecule has 0 aliphatic carbocycles. The van der Waals surface area contributed by atoms with E-state index in [2.05, 4.69) is 5.43 Å². The van der Waals surface area contributed by atoms with Crippen LogP contribution in [-0.2, 0) is 4.74 Å². The number of rotatable bonds is 1. The number of hydrazine groups is 1. The number of nitrogens with one attached hydrogen (secondary N) is 1. The van der Waals surface area contributed by atoms with Crippen molar-refractivity contribution in [2.24, 2.45) is 0 Å². The van der Waals surface area contributed by atoms with Gasteiger partial charge in [0.2, 0.25) is 0 Å². The summed E-state index contributed by atoms with van der Waals surface area (Å²) in [6.07, 6.45) is -0.653.